The van der Waals surface area contributed by atoms with E-state index in [1.807, 2.05) is 13.8 Å². The molecule has 1 fully saturated rings. The molecule has 0 radical (unpaired) electrons. The second-order valence-corrected chi connectivity index (χ2v) is 5.22. The van der Waals surface area contributed by atoms with E-state index in [1.165, 1.54) is 0 Å². The summed E-state index contributed by atoms with van der Waals surface area (Å²) in [6.45, 7) is 11.3. The first-order chi connectivity index (χ1) is 5.29. The van der Waals surface area contributed by atoms with E-state index in [4.69, 9.17) is 9.47 Å². The molecule has 1 saturated heterocycles. The Bertz CT molecular complexity index is 156. The second-order valence-electron chi connectivity index (χ2n) is 5.22. The Morgan fingerprint density at radius 3 is 2.25 bits per heavy atom. The lowest BCUT2D eigenvalue weighted by atomic mass is 9.89. The summed E-state index contributed by atoms with van der Waals surface area (Å²) in [5.41, 5.74) is 0.328. The normalized spacial score (nSPS) is 29.2. The zero-order chi connectivity index (χ0) is 9.41. The summed E-state index contributed by atoms with van der Waals surface area (Å²) in [7, 11) is 0. The van der Waals surface area contributed by atoms with Crippen molar-refractivity contribution >= 4 is 0 Å². The van der Waals surface area contributed by atoms with Crippen LogP contribution in [0.3, 0.4) is 0 Å². The lowest BCUT2D eigenvalue weighted by Gasteiger charge is -2.23. The van der Waals surface area contributed by atoms with Gasteiger partial charge in [0.05, 0.1) is 12.7 Å². The molecule has 2 nitrogen and oxygen atoms in total. The van der Waals surface area contributed by atoms with E-state index in [2.05, 4.69) is 20.8 Å². The zero-order valence-corrected chi connectivity index (χ0v) is 8.81. The first kappa shape index (κ1) is 10.0. The second kappa shape index (κ2) is 3.00. The van der Waals surface area contributed by atoms with Crippen molar-refractivity contribution in [2.45, 2.75) is 52.9 Å². The molecular formula is C10H20O2. The summed E-state index contributed by atoms with van der Waals surface area (Å²) < 4.78 is 11.2. The molecule has 1 heterocycles. The van der Waals surface area contributed by atoms with E-state index < -0.39 is 0 Å². The maximum absolute atomic E-state index is 5.70. The highest BCUT2D eigenvalue weighted by molar-refractivity contribution is 4.76. The van der Waals surface area contributed by atoms with Crippen molar-refractivity contribution in [3.05, 3.63) is 0 Å². The zero-order valence-electron chi connectivity index (χ0n) is 8.81. The summed E-state index contributed by atoms with van der Waals surface area (Å²) in [4.78, 5) is 0. The fraction of sp³-hybridized carbons (Fsp3) is 1.00. The third-order valence-corrected chi connectivity index (χ3v) is 1.91. The molecule has 0 spiro atoms. The predicted octanol–water partition coefficient (Wildman–Crippen LogP) is 2.57. The largest absolute Gasteiger partial charge is 0.348 e. The average Bonchev–Trinajstić information content (AvgIpc) is 2.05. The molecule has 0 aliphatic carbocycles. The van der Waals surface area contributed by atoms with Crippen molar-refractivity contribution in [3.63, 3.8) is 0 Å². The number of hydrogen-bond acceptors (Lipinski definition) is 2. The lowest BCUT2D eigenvalue weighted by molar-refractivity contribution is -0.141. The monoisotopic (exact) mass is 172 g/mol. The van der Waals surface area contributed by atoms with Gasteiger partial charge in [-0.25, -0.2) is 0 Å². The van der Waals surface area contributed by atoms with Gasteiger partial charge in [-0.3, -0.25) is 0 Å². The highest BCUT2D eigenvalue weighted by atomic mass is 16.7. The Hall–Kier alpha value is -0.0800. The van der Waals surface area contributed by atoms with Crippen LogP contribution >= 0.6 is 0 Å². The molecule has 0 saturated carbocycles. The highest BCUT2D eigenvalue weighted by Gasteiger charge is 2.34. The van der Waals surface area contributed by atoms with E-state index in [-0.39, 0.29) is 11.9 Å². The molecule has 1 atom stereocenters. The van der Waals surface area contributed by atoms with Crippen molar-refractivity contribution in [2.75, 3.05) is 6.61 Å². The summed E-state index contributed by atoms with van der Waals surface area (Å²) >= 11 is 0. The molecule has 1 aliphatic heterocycles. The molecule has 0 aromatic rings. The molecule has 2 heteroatoms. The fourth-order valence-electron chi connectivity index (χ4n) is 1.55. The number of hydrogen-bond donors (Lipinski definition) is 0. The van der Waals surface area contributed by atoms with E-state index in [1.54, 1.807) is 0 Å². The van der Waals surface area contributed by atoms with Crippen LogP contribution in [0.25, 0.3) is 0 Å². The first-order valence-electron chi connectivity index (χ1n) is 4.60. The lowest BCUT2D eigenvalue weighted by Crippen LogP contribution is -2.24. The summed E-state index contributed by atoms with van der Waals surface area (Å²) in [5.74, 6) is -0.365. The van der Waals surface area contributed by atoms with Crippen molar-refractivity contribution < 1.29 is 9.47 Å². The maximum atomic E-state index is 5.70. The fourth-order valence-corrected chi connectivity index (χ4v) is 1.55. The van der Waals surface area contributed by atoms with Crippen LogP contribution in [-0.2, 0) is 9.47 Å². The van der Waals surface area contributed by atoms with Gasteiger partial charge in [0.15, 0.2) is 5.79 Å². The van der Waals surface area contributed by atoms with Gasteiger partial charge in [-0.1, -0.05) is 20.8 Å². The third kappa shape index (κ3) is 3.11. The van der Waals surface area contributed by atoms with E-state index in [0.717, 1.165) is 13.0 Å². The Morgan fingerprint density at radius 2 is 1.92 bits per heavy atom. The van der Waals surface area contributed by atoms with E-state index in [0.29, 0.717) is 5.41 Å². The van der Waals surface area contributed by atoms with Crippen LogP contribution in [0.2, 0.25) is 0 Å². The van der Waals surface area contributed by atoms with Crippen LogP contribution in [-0.4, -0.2) is 18.5 Å². The molecule has 1 aliphatic rings. The molecule has 0 unspecified atom stereocenters. The van der Waals surface area contributed by atoms with Gasteiger partial charge in [-0.15, -0.1) is 0 Å². The molecule has 0 aromatic heterocycles. The van der Waals surface area contributed by atoms with Crippen LogP contribution in [0.1, 0.15) is 41.0 Å². The minimum absolute atomic E-state index is 0.278. The summed E-state index contributed by atoms with van der Waals surface area (Å²) in [5, 5.41) is 0. The van der Waals surface area contributed by atoms with Gasteiger partial charge < -0.3 is 9.47 Å². The van der Waals surface area contributed by atoms with Gasteiger partial charge in [-0.05, 0) is 25.7 Å². The minimum Gasteiger partial charge on any atom is -0.348 e. The van der Waals surface area contributed by atoms with Gasteiger partial charge in [0.1, 0.15) is 0 Å². The highest BCUT2D eigenvalue weighted by Crippen LogP contribution is 2.30. The Balaban J connectivity index is 2.39. The molecule has 0 bridgehead atoms. The van der Waals surface area contributed by atoms with Crippen LogP contribution in [0, 0.1) is 5.41 Å². The van der Waals surface area contributed by atoms with Crippen molar-refractivity contribution in [1.29, 1.82) is 0 Å². The van der Waals surface area contributed by atoms with Crippen molar-refractivity contribution in [2.24, 2.45) is 5.41 Å². The standard InChI is InChI=1S/C10H20O2/c1-9(2,3)6-8-7-11-10(4,5)12-8/h8H,6-7H2,1-5H3/t8-/m1/s1. The molecule has 72 valence electrons. The maximum Gasteiger partial charge on any atom is 0.163 e. The van der Waals surface area contributed by atoms with E-state index in [9.17, 15) is 0 Å². The Morgan fingerprint density at radius 1 is 1.33 bits per heavy atom. The third-order valence-electron chi connectivity index (χ3n) is 1.91. The first-order valence-corrected chi connectivity index (χ1v) is 4.60. The Kier molecular flexibility index (Phi) is 2.50. The average molecular weight is 172 g/mol. The molecule has 0 aromatic carbocycles. The van der Waals surface area contributed by atoms with Gasteiger partial charge in [0.2, 0.25) is 0 Å². The van der Waals surface area contributed by atoms with E-state index >= 15 is 0 Å². The topological polar surface area (TPSA) is 18.5 Å². The summed E-state index contributed by atoms with van der Waals surface area (Å²) in [6.07, 6.45) is 1.34. The predicted molar refractivity (Wildman–Crippen MR) is 49.0 cm³/mol. The molecule has 0 N–H and O–H groups in total. The van der Waals surface area contributed by atoms with Crippen LogP contribution in [0.5, 0.6) is 0 Å². The van der Waals surface area contributed by atoms with Crippen LogP contribution in [0.15, 0.2) is 0 Å². The molecule has 1 rings (SSSR count). The van der Waals surface area contributed by atoms with Gasteiger partial charge >= 0.3 is 0 Å². The number of ether oxygens (including phenoxy) is 2. The van der Waals surface area contributed by atoms with Crippen molar-refractivity contribution in [1.82, 2.24) is 0 Å². The van der Waals surface area contributed by atoms with Crippen LogP contribution < -0.4 is 0 Å². The van der Waals surface area contributed by atoms with Gasteiger partial charge in [0, 0.05) is 0 Å². The smallest absolute Gasteiger partial charge is 0.163 e. The van der Waals surface area contributed by atoms with Gasteiger partial charge in [-0.2, -0.15) is 0 Å². The SMILES string of the molecule is CC(C)(C)C[C@@H]1COC(C)(C)O1. The summed E-state index contributed by atoms with van der Waals surface area (Å²) in [6, 6.07) is 0. The molecule has 12 heavy (non-hydrogen) atoms. The Labute approximate surface area is 75.2 Å². The quantitative estimate of drug-likeness (QED) is 0.605. The molecule has 0 amide bonds. The molecular weight excluding hydrogens is 152 g/mol. The van der Waals surface area contributed by atoms with Crippen LogP contribution in [0.4, 0.5) is 0 Å². The minimum atomic E-state index is -0.365. The number of rotatable bonds is 1. The van der Waals surface area contributed by atoms with Gasteiger partial charge in [0.25, 0.3) is 0 Å². The van der Waals surface area contributed by atoms with Crippen molar-refractivity contribution in [3.8, 4) is 0 Å².